The molecular weight excluding hydrogens is 358 g/mol. The van der Waals surface area contributed by atoms with Gasteiger partial charge in [0, 0.05) is 17.6 Å². The Balaban J connectivity index is 1.78. The SMILES string of the molecule is CCCn1nc(C(=O)OCC(=O)Nc2cccc(C)c2)c2ccccc2c1=O. The van der Waals surface area contributed by atoms with E-state index in [2.05, 4.69) is 10.4 Å². The van der Waals surface area contributed by atoms with Gasteiger partial charge >= 0.3 is 5.97 Å². The molecule has 0 saturated heterocycles. The first-order valence-electron chi connectivity index (χ1n) is 9.03. The van der Waals surface area contributed by atoms with E-state index in [4.69, 9.17) is 4.74 Å². The Morgan fingerprint density at radius 2 is 1.86 bits per heavy atom. The molecule has 1 amide bonds. The van der Waals surface area contributed by atoms with Crippen LogP contribution >= 0.6 is 0 Å². The molecule has 2 aromatic carbocycles. The standard InChI is InChI=1S/C21H21N3O4/c1-3-11-24-20(26)17-10-5-4-9-16(17)19(23-24)21(27)28-13-18(25)22-15-8-6-7-14(2)12-15/h4-10,12H,3,11,13H2,1-2H3,(H,22,25). The van der Waals surface area contributed by atoms with Crippen molar-refractivity contribution < 1.29 is 14.3 Å². The van der Waals surface area contributed by atoms with Crippen molar-refractivity contribution in [3.05, 3.63) is 70.1 Å². The van der Waals surface area contributed by atoms with Gasteiger partial charge in [-0.3, -0.25) is 9.59 Å². The van der Waals surface area contributed by atoms with Crippen LogP contribution in [0.5, 0.6) is 0 Å². The Bertz CT molecular complexity index is 1090. The highest BCUT2D eigenvalue weighted by atomic mass is 16.5. The summed E-state index contributed by atoms with van der Waals surface area (Å²) in [7, 11) is 0. The number of carbonyl (C=O) groups excluding carboxylic acids is 2. The van der Waals surface area contributed by atoms with Crippen molar-refractivity contribution in [2.75, 3.05) is 11.9 Å². The number of nitrogens with zero attached hydrogens (tertiary/aromatic N) is 2. The molecule has 0 aliphatic heterocycles. The van der Waals surface area contributed by atoms with Crippen LogP contribution in [0.2, 0.25) is 0 Å². The van der Waals surface area contributed by atoms with Gasteiger partial charge in [-0.1, -0.05) is 37.3 Å². The lowest BCUT2D eigenvalue weighted by atomic mass is 10.1. The minimum atomic E-state index is -0.750. The third-order valence-electron chi connectivity index (χ3n) is 4.13. The Morgan fingerprint density at radius 1 is 1.11 bits per heavy atom. The minimum Gasteiger partial charge on any atom is -0.451 e. The molecule has 3 rings (SSSR count). The normalized spacial score (nSPS) is 10.6. The molecule has 144 valence electrons. The maximum absolute atomic E-state index is 12.6. The molecule has 7 nitrogen and oxygen atoms in total. The fourth-order valence-electron chi connectivity index (χ4n) is 2.87. The average Bonchev–Trinajstić information content (AvgIpc) is 2.68. The first-order valence-corrected chi connectivity index (χ1v) is 9.03. The van der Waals surface area contributed by atoms with Crippen molar-refractivity contribution in [2.24, 2.45) is 0 Å². The predicted octanol–water partition coefficient (Wildman–Crippen LogP) is 2.91. The summed E-state index contributed by atoms with van der Waals surface area (Å²) < 4.78 is 6.40. The molecule has 0 saturated carbocycles. The zero-order chi connectivity index (χ0) is 20.1. The lowest BCUT2D eigenvalue weighted by molar-refractivity contribution is -0.119. The van der Waals surface area contributed by atoms with Crippen LogP contribution in [0.15, 0.2) is 53.3 Å². The number of nitrogens with one attached hydrogen (secondary N) is 1. The first-order chi connectivity index (χ1) is 13.5. The highest BCUT2D eigenvalue weighted by Gasteiger charge is 2.18. The molecule has 0 fully saturated rings. The van der Waals surface area contributed by atoms with Gasteiger partial charge in [-0.25, -0.2) is 9.48 Å². The topological polar surface area (TPSA) is 90.3 Å². The second-order valence-electron chi connectivity index (χ2n) is 6.42. The van der Waals surface area contributed by atoms with E-state index >= 15 is 0 Å². The van der Waals surface area contributed by atoms with Crippen molar-refractivity contribution in [2.45, 2.75) is 26.8 Å². The molecule has 0 unspecified atom stereocenters. The molecule has 7 heteroatoms. The second kappa shape index (κ2) is 8.47. The fraction of sp³-hybridized carbons (Fsp3) is 0.238. The highest BCUT2D eigenvalue weighted by Crippen LogP contribution is 2.15. The molecule has 1 N–H and O–H groups in total. The van der Waals surface area contributed by atoms with Crippen LogP contribution in [0.4, 0.5) is 5.69 Å². The number of hydrogen-bond donors (Lipinski definition) is 1. The van der Waals surface area contributed by atoms with Crippen LogP contribution in [-0.4, -0.2) is 28.3 Å². The molecule has 0 bridgehead atoms. The van der Waals surface area contributed by atoms with Crippen LogP contribution in [0.3, 0.4) is 0 Å². The second-order valence-corrected chi connectivity index (χ2v) is 6.42. The van der Waals surface area contributed by atoms with Crippen molar-refractivity contribution >= 4 is 28.3 Å². The van der Waals surface area contributed by atoms with E-state index in [1.165, 1.54) is 4.68 Å². The van der Waals surface area contributed by atoms with E-state index in [0.717, 1.165) is 5.56 Å². The maximum Gasteiger partial charge on any atom is 0.359 e. The van der Waals surface area contributed by atoms with E-state index in [0.29, 0.717) is 29.4 Å². The Labute approximate surface area is 161 Å². The van der Waals surface area contributed by atoms with Gasteiger partial charge in [0.15, 0.2) is 12.3 Å². The summed E-state index contributed by atoms with van der Waals surface area (Å²) in [5, 5.41) is 7.63. The number of aryl methyl sites for hydroxylation is 2. The molecule has 0 aliphatic rings. The minimum absolute atomic E-state index is 0.0204. The maximum atomic E-state index is 12.6. The molecule has 0 spiro atoms. The van der Waals surface area contributed by atoms with E-state index in [9.17, 15) is 14.4 Å². The monoisotopic (exact) mass is 379 g/mol. The largest absolute Gasteiger partial charge is 0.451 e. The lowest BCUT2D eigenvalue weighted by Crippen LogP contribution is -2.27. The predicted molar refractivity (Wildman–Crippen MR) is 106 cm³/mol. The number of carbonyl (C=O) groups is 2. The number of rotatable bonds is 6. The van der Waals surface area contributed by atoms with Gasteiger partial charge < -0.3 is 10.1 Å². The van der Waals surface area contributed by atoms with Crippen LogP contribution in [-0.2, 0) is 16.1 Å². The zero-order valence-corrected chi connectivity index (χ0v) is 15.8. The van der Waals surface area contributed by atoms with E-state index in [-0.39, 0.29) is 11.3 Å². The molecule has 1 heterocycles. The van der Waals surface area contributed by atoms with Crippen LogP contribution < -0.4 is 10.9 Å². The highest BCUT2D eigenvalue weighted by molar-refractivity contribution is 6.03. The summed E-state index contributed by atoms with van der Waals surface area (Å²) in [6, 6.07) is 14.0. The Kier molecular flexibility index (Phi) is 5.84. The summed E-state index contributed by atoms with van der Waals surface area (Å²) in [4.78, 5) is 37.1. The summed E-state index contributed by atoms with van der Waals surface area (Å²) in [6.45, 7) is 3.77. The first kappa shape index (κ1) is 19.3. The van der Waals surface area contributed by atoms with Crippen molar-refractivity contribution in [3.8, 4) is 0 Å². The van der Waals surface area contributed by atoms with Crippen LogP contribution in [0.1, 0.15) is 29.4 Å². The van der Waals surface area contributed by atoms with Crippen LogP contribution in [0, 0.1) is 6.92 Å². The number of fused-ring (bicyclic) bond motifs is 1. The molecular formula is C21H21N3O4. The van der Waals surface area contributed by atoms with Gasteiger partial charge in [0.1, 0.15) is 0 Å². The van der Waals surface area contributed by atoms with E-state index in [1.807, 2.05) is 32.0 Å². The van der Waals surface area contributed by atoms with Gasteiger partial charge in [-0.05, 0) is 37.1 Å². The molecule has 1 aromatic heterocycles. The number of aromatic nitrogens is 2. The molecule has 0 radical (unpaired) electrons. The number of ether oxygens (including phenoxy) is 1. The van der Waals surface area contributed by atoms with E-state index < -0.39 is 18.5 Å². The smallest absolute Gasteiger partial charge is 0.359 e. The summed E-state index contributed by atoms with van der Waals surface area (Å²) >= 11 is 0. The molecule has 28 heavy (non-hydrogen) atoms. The van der Waals surface area contributed by atoms with Gasteiger partial charge in [0.2, 0.25) is 0 Å². The van der Waals surface area contributed by atoms with Crippen molar-refractivity contribution in [1.29, 1.82) is 0 Å². The summed E-state index contributed by atoms with van der Waals surface area (Å²) in [5.41, 5.74) is 1.39. The Morgan fingerprint density at radius 3 is 2.57 bits per heavy atom. The molecule has 0 atom stereocenters. The number of amides is 1. The van der Waals surface area contributed by atoms with Crippen LogP contribution in [0.25, 0.3) is 10.8 Å². The summed E-state index contributed by atoms with van der Waals surface area (Å²) in [5.74, 6) is -1.20. The van der Waals surface area contributed by atoms with Crippen molar-refractivity contribution in [3.63, 3.8) is 0 Å². The third kappa shape index (κ3) is 4.25. The van der Waals surface area contributed by atoms with Gasteiger partial charge in [0.05, 0.1) is 5.39 Å². The van der Waals surface area contributed by atoms with Gasteiger partial charge in [-0.15, -0.1) is 0 Å². The third-order valence-corrected chi connectivity index (χ3v) is 4.13. The number of anilines is 1. The number of benzene rings is 2. The zero-order valence-electron chi connectivity index (χ0n) is 15.8. The number of hydrogen-bond acceptors (Lipinski definition) is 5. The lowest BCUT2D eigenvalue weighted by Gasteiger charge is -2.10. The van der Waals surface area contributed by atoms with Crippen molar-refractivity contribution in [1.82, 2.24) is 9.78 Å². The quantitative estimate of drug-likeness (QED) is 0.665. The number of esters is 1. The van der Waals surface area contributed by atoms with Gasteiger partial charge in [0.25, 0.3) is 11.5 Å². The van der Waals surface area contributed by atoms with Gasteiger partial charge in [-0.2, -0.15) is 5.10 Å². The Hall–Kier alpha value is -3.48. The molecule has 3 aromatic rings. The van der Waals surface area contributed by atoms with E-state index in [1.54, 1.807) is 30.3 Å². The average molecular weight is 379 g/mol. The summed E-state index contributed by atoms with van der Waals surface area (Å²) in [6.07, 6.45) is 0.693. The molecule has 0 aliphatic carbocycles. The fourth-order valence-corrected chi connectivity index (χ4v) is 2.87.